The SMILES string of the molecule is CCC1(CC)c2ccccc2-c2c([N+](=O)[O-])cccc21. The standard InChI is InChI=1S/C17H17NO2/c1-3-17(4-2)13-9-6-5-8-12(13)16-14(17)10-7-11-15(16)18(19)20/h5-11H,3-4H2,1-2H3. The normalized spacial score (nSPS) is 14.7. The van der Waals surface area contributed by atoms with Gasteiger partial charge >= 0.3 is 0 Å². The Balaban J connectivity index is 2.43. The van der Waals surface area contributed by atoms with Crippen molar-refractivity contribution in [1.29, 1.82) is 0 Å². The average molecular weight is 267 g/mol. The number of rotatable bonds is 3. The lowest BCUT2D eigenvalue weighted by molar-refractivity contribution is -0.384. The van der Waals surface area contributed by atoms with Crippen LogP contribution >= 0.6 is 0 Å². The quantitative estimate of drug-likeness (QED) is 0.598. The first-order chi connectivity index (χ1) is 9.65. The maximum Gasteiger partial charge on any atom is 0.277 e. The van der Waals surface area contributed by atoms with E-state index < -0.39 is 0 Å². The Morgan fingerprint density at radius 2 is 1.65 bits per heavy atom. The summed E-state index contributed by atoms with van der Waals surface area (Å²) in [5, 5.41) is 11.4. The van der Waals surface area contributed by atoms with E-state index in [1.807, 2.05) is 24.3 Å². The fraction of sp³-hybridized carbons (Fsp3) is 0.294. The second kappa shape index (κ2) is 4.44. The molecular formula is C17H17NO2. The predicted octanol–water partition coefficient (Wildman–Crippen LogP) is 4.68. The van der Waals surface area contributed by atoms with E-state index >= 15 is 0 Å². The molecule has 3 nitrogen and oxygen atoms in total. The molecule has 0 aliphatic heterocycles. The van der Waals surface area contributed by atoms with Crippen LogP contribution in [0.3, 0.4) is 0 Å². The van der Waals surface area contributed by atoms with Crippen molar-refractivity contribution >= 4 is 5.69 Å². The molecule has 0 radical (unpaired) electrons. The third kappa shape index (κ3) is 1.46. The molecule has 0 bridgehead atoms. The van der Waals surface area contributed by atoms with E-state index in [-0.39, 0.29) is 16.0 Å². The minimum atomic E-state index is -0.267. The number of fused-ring (bicyclic) bond motifs is 3. The highest BCUT2D eigenvalue weighted by atomic mass is 16.6. The summed E-state index contributed by atoms with van der Waals surface area (Å²) in [6.45, 7) is 4.32. The van der Waals surface area contributed by atoms with Crippen LogP contribution in [-0.2, 0) is 5.41 Å². The minimum Gasteiger partial charge on any atom is -0.258 e. The van der Waals surface area contributed by atoms with Crippen molar-refractivity contribution in [1.82, 2.24) is 0 Å². The molecule has 0 saturated heterocycles. The van der Waals surface area contributed by atoms with Gasteiger partial charge in [0, 0.05) is 11.5 Å². The van der Waals surface area contributed by atoms with E-state index in [0.29, 0.717) is 0 Å². The second-order valence-electron chi connectivity index (χ2n) is 5.29. The van der Waals surface area contributed by atoms with Crippen molar-refractivity contribution in [3.05, 3.63) is 63.7 Å². The van der Waals surface area contributed by atoms with E-state index in [1.165, 1.54) is 5.56 Å². The van der Waals surface area contributed by atoms with Crippen LogP contribution in [-0.4, -0.2) is 4.92 Å². The third-order valence-corrected chi connectivity index (χ3v) is 4.67. The minimum absolute atomic E-state index is 0.0854. The lowest BCUT2D eigenvalue weighted by Gasteiger charge is -2.29. The van der Waals surface area contributed by atoms with Crippen molar-refractivity contribution in [2.24, 2.45) is 0 Å². The molecule has 1 aliphatic carbocycles. The first kappa shape index (κ1) is 12.9. The van der Waals surface area contributed by atoms with Gasteiger partial charge in [-0.3, -0.25) is 10.1 Å². The lowest BCUT2D eigenvalue weighted by atomic mass is 9.74. The Bertz CT molecular complexity index is 687. The average Bonchev–Trinajstić information content (AvgIpc) is 2.77. The van der Waals surface area contributed by atoms with Crippen LogP contribution in [0.25, 0.3) is 11.1 Å². The monoisotopic (exact) mass is 267 g/mol. The smallest absolute Gasteiger partial charge is 0.258 e. The van der Waals surface area contributed by atoms with Crippen LogP contribution in [0.1, 0.15) is 37.8 Å². The number of nitro groups is 1. The summed E-state index contributed by atoms with van der Waals surface area (Å²) in [5.74, 6) is 0. The van der Waals surface area contributed by atoms with Crippen LogP contribution < -0.4 is 0 Å². The molecule has 102 valence electrons. The highest BCUT2D eigenvalue weighted by Gasteiger charge is 2.43. The van der Waals surface area contributed by atoms with Gasteiger partial charge in [-0.05, 0) is 29.5 Å². The highest BCUT2D eigenvalue weighted by Crippen LogP contribution is 2.54. The third-order valence-electron chi connectivity index (χ3n) is 4.67. The molecule has 0 fully saturated rings. The molecule has 2 aromatic carbocycles. The van der Waals surface area contributed by atoms with Crippen molar-refractivity contribution in [3.63, 3.8) is 0 Å². The van der Waals surface area contributed by atoms with Gasteiger partial charge in [0.05, 0.1) is 10.5 Å². The molecule has 3 rings (SSSR count). The van der Waals surface area contributed by atoms with E-state index in [0.717, 1.165) is 29.5 Å². The van der Waals surface area contributed by atoms with Gasteiger partial charge in [-0.2, -0.15) is 0 Å². The molecule has 0 unspecified atom stereocenters. The zero-order valence-corrected chi connectivity index (χ0v) is 11.7. The number of hydrogen-bond donors (Lipinski definition) is 0. The zero-order valence-electron chi connectivity index (χ0n) is 11.7. The molecule has 2 aromatic rings. The maximum absolute atomic E-state index is 11.4. The van der Waals surface area contributed by atoms with Crippen LogP contribution in [0.4, 0.5) is 5.69 Å². The number of hydrogen-bond acceptors (Lipinski definition) is 2. The molecule has 0 atom stereocenters. The van der Waals surface area contributed by atoms with Gasteiger partial charge in [0.15, 0.2) is 0 Å². The molecule has 20 heavy (non-hydrogen) atoms. The summed E-state index contributed by atoms with van der Waals surface area (Å²) >= 11 is 0. The lowest BCUT2D eigenvalue weighted by Crippen LogP contribution is -2.22. The van der Waals surface area contributed by atoms with Crippen LogP contribution in [0.15, 0.2) is 42.5 Å². The van der Waals surface area contributed by atoms with Crippen molar-refractivity contribution in [2.75, 3.05) is 0 Å². The van der Waals surface area contributed by atoms with Crippen LogP contribution in [0, 0.1) is 10.1 Å². The molecule has 1 aliphatic rings. The predicted molar refractivity (Wildman–Crippen MR) is 79.9 cm³/mol. The van der Waals surface area contributed by atoms with Gasteiger partial charge in [0.2, 0.25) is 0 Å². The summed E-state index contributed by atoms with van der Waals surface area (Å²) in [6.07, 6.45) is 1.91. The Morgan fingerprint density at radius 1 is 1.00 bits per heavy atom. The Labute approximate surface area is 118 Å². The fourth-order valence-corrected chi connectivity index (χ4v) is 3.65. The molecule has 3 heteroatoms. The summed E-state index contributed by atoms with van der Waals surface area (Å²) in [6, 6.07) is 13.6. The second-order valence-corrected chi connectivity index (χ2v) is 5.29. The number of nitrogens with zero attached hydrogens (tertiary/aromatic N) is 1. The van der Waals surface area contributed by atoms with E-state index in [2.05, 4.69) is 26.0 Å². The fourth-order valence-electron chi connectivity index (χ4n) is 3.65. The van der Waals surface area contributed by atoms with Gasteiger partial charge in [-0.1, -0.05) is 50.2 Å². The summed E-state index contributed by atoms with van der Waals surface area (Å²) in [7, 11) is 0. The van der Waals surface area contributed by atoms with Crippen molar-refractivity contribution in [2.45, 2.75) is 32.1 Å². The molecular weight excluding hydrogens is 250 g/mol. The Kier molecular flexibility index (Phi) is 2.85. The van der Waals surface area contributed by atoms with Crippen LogP contribution in [0.5, 0.6) is 0 Å². The molecule has 0 spiro atoms. The largest absolute Gasteiger partial charge is 0.277 e. The van der Waals surface area contributed by atoms with Gasteiger partial charge in [0.25, 0.3) is 5.69 Å². The van der Waals surface area contributed by atoms with Gasteiger partial charge in [-0.25, -0.2) is 0 Å². The van der Waals surface area contributed by atoms with E-state index in [9.17, 15) is 10.1 Å². The topological polar surface area (TPSA) is 43.1 Å². The number of nitro benzene ring substituents is 1. The van der Waals surface area contributed by atoms with Gasteiger partial charge in [-0.15, -0.1) is 0 Å². The summed E-state index contributed by atoms with van der Waals surface area (Å²) in [4.78, 5) is 11.1. The Hall–Kier alpha value is -2.16. The van der Waals surface area contributed by atoms with E-state index in [4.69, 9.17) is 0 Å². The molecule has 0 N–H and O–H groups in total. The number of benzene rings is 2. The molecule has 0 heterocycles. The maximum atomic E-state index is 11.4. The summed E-state index contributed by atoms with van der Waals surface area (Å²) in [5.41, 5.74) is 4.32. The van der Waals surface area contributed by atoms with Crippen molar-refractivity contribution in [3.8, 4) is 11.1 Å². The van der Waals surface area contributed by atoms with E-state index in [1.54, 1.807) is 6.07 Å². The van der Waals surface area contributed by atoms with Crippen molar-refractivity contribution < 1.29 is 4.92 Å². The first-order valence-corrected chi connectivity index (χ1v) is 7.03. The summed E-state index contributed by atoms with van der Waals surface area (Å²) < 4.78 is 0. The Morgan fingerprint density at radius 3 is 2.30 bits per heavy atom. The van der Waals surface area contributed by atoms with Gasteiger partial charge in [0.1, 0.15) is 0 Å². The zero-order chi connectivity index (χ0) is 14.3. The molecule has 0 saturated carbocycles. The molecule has 0 aromatic heterocycles. The highest BCUT2D eigenvalue weighted by molar-refractivity contribution is 5.87. The molecule has 0 amide bonds. The van der Waals surface area contributed by atoms with Gasteiger partial charge < -0.3 is 0 Å². The van der Waals surface area contributed by atoms with Crippen LogP contribution in [0.2, 0.25) is 0 Å². The first-order valence-electron chi connectivity index (χ1n) is 7.03.